The number of nitro benzene ring substituents is 2. The summed E-state index contributed by atoms with van der Waals surface area (Å²) < 4.78 is 130. The molecular formula is C48H47F3N6O16S3. The highest BCUT2D eigenvalue weighted by molar-refractivity contribution is 7.91. The number of hydrogen-bond donors (Lipinski definition) is 1. The maximum absolute atomic E-state index is 14.7. The van der Waals surface area contributed by atoms with E-state index < -0.39 is 126 Å². The van der Waals surface area contributed by atoms with Crippen molar-refractivity contribution in [1.82, 2.24) is 19.3 Å². The van der Waals surface area contributed by atoms with E-state index in [1.165, 1.54) is 81.6 Å². The van der Waals surface area contributed by atoms with E-state index in [0.29, 0.717) is 5.56 Å². The van der Waals surface area contributed by atoms with Gasteiger partial charge in [0.1, 0.15) is 24.1 Å². The molecule has 404 valence electrons. The highest BCUT2D eigenvalue weighted by atomic mass is 32.2. The van der Waals surface area contributed by atoms with Crippen LogP contribution >= 0.6 is 0 Å². The van der Waals surface area contributed by atoms with Crippen molar-refractivity contribution in [3.63, 3.8) is 0 Å². The van der Waals surface area contributed by atoms with Crippen molar-refractivity contribution in [1.29, 1.82) is 0 Å². The number of fused-ring (bicyclic) bond motifs is 1. The van der Waals surface area contributed by atoms with Gasteiger partial charge in [0.2, 0.25) is 5.16 Å². The van der Waals surface area contributed by atoms with Crippen LogP contribution in [0, 0.1) is 41.0 Å². The van der Waals surface area contributed by atoms with E-state index in [1.54, 1.807) is 18.2 Å². The van der Waals surface area contributed by atoms with Crippen molar-refractivity contribution in [3.05, 3.63) is 145 Å². The maximum atomic E-state index is 14.7. The van der Waals surface area contributed by atoms with Crippen LogP contribution in [0.15, 0.2) is 112 Å². The van der Waals surface area contributed by atoms with Crippen molar-refractivity contribution >= 4 is 70.9 Å². The molecule has 4 aromatic carbocycles. The Morgan fingerprint density at radius 1 is 0.842 bits per heavy atom. The van der Waals surface area contributed by atoms with Gasteiger partial charge >= 0.3 is 18.1 Å². The summed E-state index contributed by atoms with van der Waals surface area (Å²) in [6.07, 6.45) is -3.94. The maximum Gasteiger partial charge on any atom is 0.422 e. The van der Waals surface area contributed by atoms with Crippen molar-refractivity contribution in [2.75, 3.05) is 32.2 Å². The molecule has 1 N–H and O–H groups in total. The Kier molecular flexibility index (Phi) is 18.6. The lowest BCUT2D eigenvalue weighted by Gasteiger charge is -2.19. The number of nitrogens with one attached hydrogen (secondary N) is 1. The molecular weight excluding hydrogens is 1070 g/mol. The Hall–Kier alpha value is -7.85. The molecule has 6 rings (SSSR count). The highest BCUT2D eigenvalue weighted by Crippen LogP contribution is 2.33. The number of hydrogen-bond acceptors (Lipinski definition) is 18. The number of aryl methyl sites for hydroxylation is 3. The number of para-hydroxylation sites is 2. The molecule has 2 unspecified atom stereocenters. The fourth-order valence-corrected chi connectivity index (χ4v) is 12.2. The number of sulfone groups is 1. The van der Waals surface area contributed by atoms with Crippen molar-refractivity contribution in [2.24, 2.45) is 0 Å². The first kappa shape index (κ1) is 57.4. The molecule has 0 aliphatic heterocycles. The average Bonchev–Trinajstić information content (AvgIpc) is 3.78. The molecule has 0 aliphatic rings. The van der Waals surface area contributed by atoms with E-state index in [2.05, 4.69) is 15.3 Å². The smallest absolute Gasteiger partial charge is 0.422 e. The number of amides is 1. The number of halogens is 3. The number of benzene rings is 4. The third-order valence-corrected chi connectivity index (χ3v) is 16.2. The van der Waals surface area contributed by atoms with Crippen LogP contribution in [0.5, 0.6) is 11.5 Å². The quantitative estimate of drug-likeness (QED) is 0.0277. The Morgan fingerprint density at radius 2 is 1.51 bits per heavy atom. The number of carbonyl (C=O) groups is 3. The number of rotatable bonds is 25. The van der Waals surface area contributed by atoms with Crippen LogP contribution in [0.1, 0.15) is 47.2 Å². The molecule has 22 nitrogen and oxygen atoms in total. The zero-order valence-electron chi connectivity index (χ0n) is 40.5. The van der Waals surface area contributed by atoms with E-state index in [-0.39, 0.29) is 79.8 Å². The largest absolute Gasteiger partial charge is 0.484 e. The first-order valence-electron chi connectivity index (χ1n) is 22.7. The second-order valence-electron chi connectivity index (χ2n) is 16.8. The Bertz CT molecular complexity index is 3420. The van der Waals surface area contributed by atoms with Gasteiger partial charge in [-0.3, -0.25) is 39.0 Å². The van der Waals surface area contributed by atoms with Crippen LogP contribution in [-0.2, 0) is 66.7 Å². The van der Waals surface area contributed by atoms with Crippen molar-refractivity contribution in [2.45, 2.75) is 79.4 Å². The van der Waals surface area contributed by atoms with Crippen LogP contribution in [0.2, 0.25) is 0 Å². The van der Waals surface area contributed by atoms with Gasteiger partial charge in [-0.1, -0.05) is 30.3 Å². The second-order valence-corrected chi connectivity index (χ2v) is 21.9. The Labute approximate surface area is 434 Å². The zero-order valence-corrected chi connectivity index (χ0v) is 43.0. The third-order valence-electron chi connectivity index (χ3n) is 11.1. The summed E-state index contributed by atoms with van der Waals surface area (Å²) in [4.78, 5) is 68.4. The summed E-state index contributed by atoms with van der Waals surface area (Å²) in [7, 11) is -11.0. The van der Waals surface area contributed by atoms with Gasteiger partial charge in [0.25, 0.3) is 27.3 Å². The molecule has 6 aromatic rings. The first-order valence-corrected chi connectivity index (χ1v) is 27.1. The monoisotopic (exact) mass is 1120 g/mol. The van der Waals surface area contributed by atoms with Gasteiger partial charge in [-0.05, 0) is 93.1 Å². The molecule has 0 bridgehead atoms. The number of ether oxygens (including phenoxy) is 4. The van der Waals surface area contributed by atoms with Gasteiger partial charge in [-0.25, -0.2) is 30.6 Å². The van der Waals surface area contributed by atoms with E-state index in [1.807, 2.05) is 0 Å². The predicted molar refractivity (Wildman–Crippen MR) is 264 cm³/mol. The molecule has 0 fully saturated rings. The van der Waals surface area contributed by atoms with E-state index >= 15 is 0 Å². The van der Waals surface area contributed by atoms with Crippen LogP contribution in [0.3, 0.4) is 0 Å². The Morgan fingerprint density at radius 3 is 2.20 bits per heavy atom. The molecule has 2 atom stereocenters. The molecule has 0 saturated carbocycles. The van der Waals surface area contributed by atoms with E-state index in [0.717, 1.165) is 22.2 Å². The number of carbonyl (C=O) groups excluding carboxylic acids is 3. The van der Waals surface area contributed by atoms with Crippen molar-refractivity contribution in [3.8, 4) is 11.5 Å². The number of pyridine rings is 1. The van der Waals surface area contributed by atoms with Crippen LogP contribution in [0.25, 0.3) is 11.0 Å². The van der Waals surface area contributed by atoms with Gasteiger partial charge in [0.15, 0.2) is 23.1 Å². The van der Waals surface area contributed by atoms with Gasteiger partial charge < -0.3 is 24.3 Å². The number of nitrogens with zero attached hydrogens (tertiary/aromatic N) is 5. The summed E-state index contributed by atoms with van der Waals surface area (Å²) in [5, 5.41) is 24.3. The molecule has 0 radical (unpaired) electrons. The summed E-state index contributed by atoms with van der Waals surface area (Å²) >= 11 is 0. The minimum atomic E-state index is -4.66. The predicted octanol–water partition coefficient (Wildman–Crippen LogP) is 6.50. The van der Waals surface area contributed by atoms with Gasteiger partial charge in [-0.2, -0.15) is 13.2 Å². The minimum Gasteiger partial charge on any atom is -0.484 e. The fourth-order valence-electron chi connectivity index (χ4n) is 7.58. The minimum absolute atomic E-state index is 0.00137. The number of nitro groups is 2. The normalized spacial score (nSPS) is 12.6. The second kappa shape index (κ2) is 24.7. The topological polar surface area (TPSA) is 302 Å². The number of alkyl halides is 3. The molecule has 1 amide bonds. The summed E-state index contributed by atoms with van der Waals surface area (Å²) in [6.45, 7) is 1.09. The summed E-state index contributed by atoms with van der Waals surface area (Å²) in [6, 6.07) is 18.5. The molecule has 0 spiro atoms. The lowest BCUT2D eigenvalue weighted by molar-refractivity contribution is -0.385. The van der Waals surface area contributed by atoms with Crippen LogP contribution < -0.4 is 14.8 Å². The zero-order chi connectivity index (χ0) is 55.5. The van der Waals surface area contributed by atoms with E-state index in [4.69, 9.17) is 18.9 Å². The van der Waals surface area contributed by atoms with Crippen molar-refractivity contribution < 1.29 is 77.4 Å². The standard InChI is InChI=1S/C48H47F3N6O16S3/c1-30-23-36(24-31(2)45(30)76(68,69)55-41-15-5-4-14-38(41)54-47(55)74(65)28-40-32(3)42(18-19-52-40)73-29-48(49,50)51)72-27-43(58)53-39(46(60)71-20-8-10-33-9-6-11-34(25-33)56(61)62)16-17-44(59)70-21-22-75(66,67)37-13-7-12-35(26-37)57(63)64/h4-7,9,11-15,18-19,23-26,39H,8,10,16-17,20-22,27-29H2,1-3H3,(H,53,58). The lowest BCUT2D eigenvalue weighted by Crippen LogP contribution is -2.44. The molecule has 0 saturated heterocycles. The summed E-state index contributed by atoms with van der Waals surface area (Å²) in [5.74, 6) is -4.21. The third kappa shape index (κ3) is 14.9. The van der Waals surface area contributed by atoms with E-state index in [9.17, 15) is 68.8 Å². The van der Waals surface area contributed by atoms with Gasteiger partial charge in [-0.15, -0.1) is 0 Å². The average molecular weight is 1120 g/mol. The Balaban J connectivity index is 1.14. The number of non-ortho nitro benzene ring substituents is 2. The number of imidazole rings is 1. The lowest BCUT2D eigenvalue weighted by atomic mass is 10.1. The highest BCUT2D eigenvalue weighted by Gasteiger charge is 2.32. The van der Waals surface area contributed by atoms with Crippen LogP contribution in [-0.4, -0.2) is 107 Å². The SMILES string of the molecule is Cc1cc(OCC(=O)NC(CCC(=O)OCCS(=O)(=O)c2cccc([N+](=O)[O-])c2)C(=O)OCCCc2cccc([N+](=O)[O-])c2)cc(C)c1S(=O)(=O)n1c(S(=O)Cc2nccc(OCC(F)(F)F)c2C)nc2ccccc21. The molecule has 2 aromatic heterocycles. The first-order chi connectivity index (χ1) is 35.8. The molecule has 0 aliphatic carbocycles. The summed E-state index contributed by atoms with van der Waals surface area (Å²) in [5.41, 5.74) is 0.640. The molecule has 2 heterocycles. The molecule has 76 heavy (non-hydrogen) atoms. The van der Waals surface area contributed by atoms with Gasteiger partial charge in [0, 0.05) is 42.4 Å². The number of aromatic nitrogens is 3. The van der Waals surface area contributed by atoms with Crippen LogP contribution in [0.4, 0.5) is 24.5 Å². The number of esters is 2. The fraction of sp³-hybridized carbons (Fsp3) is 0.312. The molecule has 28 heteroatoms. The van der Waals surface area contributed by atoms with Gasteiger partial charge in [0.05, 0.1) is 65.3 Å².